The highest BCUT2D eigenvalue weighted by Gasteiger charge is 2.33. The van der Waals surface area contributed by atoms with Gasteiger partial charge in [0.2, 0.25) is 21.8 Å². The minimum absolute atomic E-state index is 0.0109. The monoisotopic (exact) mass is 565 g/mol. The first kappa shape index (κ1) is 30.1. The van der Waals surface area contributed by atoms with Crippen LogP contribution in [0.3, 0.4) is 0 Å². The zero-order valence-corrected chi connectivity index (χ0v) is 23.8. The van der Waals surface area contributed by atoms with E-state index in [4.69, 9.17) is 11.6 Å². The Labute approximate surface area is 230 Å². The Morgan fingerprint density at radius 2 is 1.66 bits per heavy atom. The minimum atomic E-state index is -3.95. The van der Waals surface area contributed by atoms with Gasteiger partial charge in [0.15, 0.2) is 0 Å². The maximum absolute atomic E-state index is 13.8. The highest BCUT2D eigenvalue weighted by Crippen LogP contribution is 2.23. The highest BCUT2D eigenvalue weighted by molar-refractivity contribution is 7.89. The third-order valence-corrected chi connectivity index (χ3v) is 8.72. The summed E-state index contributed by atoms with van der Waals surface area (Å²) in [5, 5.41) is 0.421. The predicted molar refractivity (Wildman–Crippen MR) is 147 cm³/mol. The molecule has 0 N–H and O–H groups in total. The number of nitrogens with zero attached hydrogens (tertiary/aromatic N) is 3. The van der Waals surface area contributed by atoms with Gasteiger partial charge in [-0.15, -0.1) is 0 Å². The lowest BCUT2D eigenvalue weighted by atomic mass is 10.0. The van der Waals surface area contributed by atoms with Crippen molar-refractivity contribution in [3.05, 3.63) is 64.9 Å². The van der Waals surface area contributed by atoms with E-state index in [2.05, 4.69) is 0 Å². The Bertz CT molecular complexity index is 1180. The molecule has 1 heterocycles. The summed E-state index contributed by atoms with van der Waals surface area (Å²) in [5.41, 5.74) is 0.750. The van der Waals surface area contributed by atoms with E-state index in [1.807, 2.05) is 25.7 Å². The van der Waals surface area contributed by atoms with E-state index in [1.54, 1.807) is 17.0 Å². The summed E-state index contributed by atoms with van der Waals surface area (Å²) in [6.07, 6.45) is 2.46. The van der Waals surface area contributed by atoms with Crippen LogP contribution in [0.2, 0.25) is 5.02 Å². The van der Waals surface area contributed by atoms with Crippen LogP contribution in [-0.2, 0) is 26.2 Å². The molecule has 0 bridgehead atoms. The van der Waals surface area contributed by atoms with Gasteiger partial charge in [-0.3, -0.25) is 9.59 Å². The number of hydrogen-bond donors (Lipinski definition) is 0. The topological polar surface area (TPSA) is 78.0 Å². The van der Waals surface area contributed by atoms with Crippen LogP contribution in [0.4, 0.5) is 4.39 Å². The minimum Gasteiger partial charge on any atom is -0.343 e. The van der Waals surface area contributed by atoms with Crippen LogP contribution in [-0.4, -0.2) is 66.6 Å². The number of piperidine rings is 1. The van der Waals surface area contributed by atoms with Crippen LogP contribution in [0.25, 0.3) is 0 Å². The van der Waals surface area contributed by atoms with Gasteiger partial charge in [-0.1, -0.05) is 44.5 Å². The summed E-state index contributed by atoms with van der Waals surface area (Å²) in [6.45, 7) is 6.91. The lowest BCUT2D eigenvalue weighted by Crippen LogP contribution is -2.51. The Balaban J connectivity index is 1.85. The van der Waals surface area contributed by atoms with Crippen molar-refractivity contribution >= 4 is 33.4 Å². The fraction of sp³-hybridized carbons (Fsp3) is 0.500. The zero-order chi connectivity index (χ0) is 27.9. The molecule has 7 nitrogen and oxygen atoms in total. The third-order valence-electron chi connectivity index (χ3n) is 6.64. The molecule has 0 atom stereocenters. The van der Waals surface area contributed by atoms with Crippen LogP contribution >= 0.6 is 11.6 Å². The Morgan fingerprint density at radius 1 is 1.05 bits per heavy atom. The lowest BCUT2D eigenvalue weighted by molar-refractivity contribution is -0.137. The summed E-state index contributed by atoms with van der Waals surface area (Å²) >= 11 is 5.95. The van der Waals surface area contributed by atoms with E-state index in [0.717, 1.165) is 12.0 Å². The van der Waals surface area contributed by atoms with Gasteiger partial charge < -0.3 is 9.80 Å². The van der Waals surface area contributed by atoms with E-state index in [0.29, 0.717) is 37.4 Å². The highest BCUT2D eigenvalue weighted by atomic mass is 35.5. The normalized spacial score (nSPS) is 14.8. The van der Waals surface area contributed by atoms with Crippen LogP contribution in [0.15, 0.2) is 53.4 Å². The number of rotatable bonds is 11. The zero-order valence-electron chi connectivity index (χ0n) is 22.3. The summed E-state index contributed by atoms with van der Waals surface area (Å²) < 4.78 is 41.8. The molecule has 1 fully saturated rings. The van der Waals surface area contributed by atoms with Gasteiger partial charge >= 0.3 is 0 Å². The maximum atomic E-state index is 13.8. The number of benzene rings is 2. The van der Waals surface area contributed by atoms with E-state index in [9.17, 15) is 22.4 Å². The molecule has 1 aliphatic rings. The second kappa shape index (κ2) is 13.5. The second-order valence-electron chi connectivity index (χ2n) is 10.2. The van der Waals surface area contributed by atoms with Crippen LogP contribution in [0.1, 0.15) is 52.0 Å². The average Bonchev–Trinajstić information content (AvgIpc) is 2.88. The summed E-state index contributed by atoms with van der Waals surface area (Å²) in [5.74, 6) is -0.597. The fourth-order valence-corrected chi connectivity index (χ4v) is 6.34. The van der Waals surface area contributed by atoms with Crippen molar-refractivity contribution in [2.45, 2.75) is 63.9 Å². The van der Waals surface area contributed by atoms with Gasteiger partial charge in [0.1, 0.15) is 5.82 Å². The Hall–Kier alpha value is -2.49. The van der Waals surface area contributed by atoms with Crippen LogP contribution < -0.4 is 0 Å². The van der Waals surface area contributed by atoms with Gasteiger partial charge in [-0.05, 0) is 67.1 Å². The van der Waals surface area contributed by atoms with Gasteiger partial charge in [-0.25, -0.2) is 12.8 Å². The number of sulfonamides is 1. The molecule has 208 valence electrons. The van der Waals surface area contributed by atoms with E-state index >= 15 is 0 Å². The van der Waals surface area contributed by atoms with Crippen molar-refractivity contribution in [2.75, 3.05) is 26.2 Å². The molecule has 3 rings (SSSR count). The van der Waals surface area contributed by atoms with Crippen molar-refractivity contribution < 1.29 is 22.4 Å². The van der Waals surface area contributed by atoms with Gasteiger partial charge in [-0.2, -0.15) is 4.31 Å². The molecule has 0 radical (unpaired) electrons. The fourth-order valence-electron chi connectivity index (χ4n) is 4.66. The number of amides is 2. The van der Waals surface area contributed by atoms with Crippen molar-refractivity contribution in [2.24, 2.45) is 5.92 Å². The van der Waals surface area contributed by atoms with Crippen LogP contribution in [0.5, 0.6) is 0 Å². The molecule has 0 aromatic heterocycles. The molecular weight excluding hydrogens is 529 g/mol. The summed E-state index contributed by atoms with van der Waals surface area (Å²) in [6, 6.07) is 11.7. The molecule has 0 aliphatic carbocycles. The molecule has 1 aliphatic heterocycles. The van der Waals surface area contributed by atoms with Crippen LogP contribution in [0, 0.1) is 11.7 Å². The van der Waals surface area contributed by atoms with Crippen molar-refractivity contribution in [1.82, 2.24) is 14.1 Å². The quantitative estimate of drug-likeness (QED) is 0.386. The van der Waals surface area contributed by atoms with Gasteiger partial charge in [0.25, 0.3) is 0 Å². The van der Waals surface area contributed by atoms with Gasteiger partial charge in [0, 0.05) is 43.7 Å². The maximum Gasteiger partial charge on any atom is 0.243 e. The molecule has 2 amide bonds. The molecule has 0 spiro atoms. The van der Waals surface area contributed by atoms with Gasteiger partial charge in [0.05, 0.1) is 11.4 Å². The standard InChI is InChI=1S/C28H37ClFN3O4S/c1-4-5-27(34)31-16-14-25(15-17-31)33(19-22-6-10-24(30)11-7-22)28(35)20-32(18-21(2)3)38(36,37)26-12-8-23(29)9-13-26/h6-13,21,25H,4-5,14-20H2,1-3H3. The molecular formula is C28H37ClFN3O4S. The van der Waals surface area contributed by atoms with Crippen molar-refractivity contribution in [1.29, 1.82) is 0 Å². The molecule has 2 aromatic carbocycles. The first-order chi connectivity index (χ1) is 18.0. The number of hydrogen-bond acceptors (Lipinski definition) is 4. The molecule has 10 heteroatoms. The SMILES string of the molecule is CCCC(=O)N1CCC(N(Cc2ccc(F)cc2)C(=O)CN(CC(C)C)S(=O)(=O)c2ccc(Cl)cc2)CC1. The number of halogens is 2. The molecule has 2 aromatic rings. The smallest absolute Gasteiger partial charge is 0.243 e. The molecule has 0 saturated carbocycles. The first-order valence-electron chi connectivity index (χ1n) is 13.1. The Kier molecular flexibility index (Phi) is 10.7. The van der Waals surface area contributed by atoms with E-state index < -0.39 is 10.0 Å². The van der Waals surface area contributed by atoms with E-state index in [-0.39, 0.29) is 54.1 Å². The largest absolute Gasteiger partial charge is 0.343 e. The third kappa shape index (κ3) is 8.01. The molecule has 1 saturated heterocycles. The van der Waals surface area contributed by atoms with Crippen molar-refractivity contribution in [3.63, 3.8) is 0 Å². The second-order valence-corrected chi connectivity index (χ2v) is 12.5. The number of carbonyl (C=O) groups is 2. The average molecular weight is 566 g/mol. The summed E-state index contributed by atoms with van der Waals surface area (Å²) in [4.78, 5) is 29.8. The lowest BCUT2D eigenvalue weighted by Gasteiger charge is -2.39. The van der Waals surface area contributed by atoms with E-state index in [1.165, 1.54) is 40.7 Å². The van der Waals surface area contributed by atoms with Crippen molar-refractivity contribution in [3.8, 4) is 0 Å². The number of carbonyl (C=O) groups excluding carboxylic acids is 2. The predicted octanol–water partition coefficient (Wildman–Crippen LogP) is 4.95. The molecule has 38 heavy (non-hydrogen) atoms. The summed E-state index contributed by atoms with van der Waals surface area (Å²) in [7, 11) is -3.95. The Morgan fingerprint density at radius 3 is 2.21 bits per heavy atom. The first-order valence-corrected chi connectivity index (χ1v) is 14.9. The molecule has 0 unspecified atom stereocenters. The number of likely N-dealkylation sites (tertiary alicyclic amines) is 1.